The Morgan fingerprint density at radius 1 is 0.330 bits per heavy atom. The van der Waals surface area contributed by atoms with Crippen LogP contribution in [0.15, 0.2) is 36.4 Å². The SMILES string of the molecule is CN(C[C@H]1O[C@@H]2O[C@H]3[C@H](O)[C@@H](O)[C@@H](O[C@H]4[C@H](O)[C@@H](O)[C@@H](O[C@H]5[C@H](O)[C@@H](O)[C@@H](O[C@H]6[C@H](O)[C@@H](O)[C@@H](O[C@H]7[C@H](O)[C@@H](O)[C@@H](O[C@H]8[C@H](O)[C@@H](O)[C@@H](O[C@H]1[C@H](O)[C@H]2O)O[C@@H]8CO)O[C@@H]7CO)O[C@@H]6CO)O[C@@H]5CO)O[C@@H]4CO)O[C@@H]3CO)C(=O)C=Cc1ccccc1. The highest BCUT2D eigenvalue weighted by atomic mass is 16.8. The zero-order valence-electron chi connectivity index (χ0n) is 46.7. The number of ether oxygens (including phenoxy) is 14. The first-order chi connectivity index (χ1) is 42.0. The molecule has 0 spiro atoms. The van der Waals surface area contributed by atoms with Crippen molar-refractivity contribution in [3.05, 3.63) is 42.0 Å². The van der Waals surface area contributed by atoms with E-state index in [0.717, 1.165) is 4.90 Å². The van der Waals surface area contributed by atoms with Gasteiger partial charge in [0.15, 0.2) is 44.0 Å². The topological polar surface area (TPSA) is 554 Å². The molecule has 21 fully saturated rings. The molecule has 1 amide bonds. The fraction of sp³-hybridized carbons (Fsp3) is 0.827. The summed E-state index contributed by atoms with van der Waals surface area (Å²) in [6.45, 7) is -6.94. The number of amides is 1. The van der Waals surface area contributed by atoms with Gasteiger partial charge >= 0.3 is 0 Å². The summed E-state index contributed by atoms with van der Waals surface area (Å²) in [5.41, 5.74) is 0.624. The summed E-state index contributed by atoms with van der Waals surface area (Å²) in [6.07, 6.45) is -68.4. The summed E-state index contributed by atoms with van der Waals surface area (Å²) in [7, 11) is 1.30. The first kappa shape index (κ1) is 69.4. The van der Waals surface area contributed by atoms with E-state index in [1.54, 1.807) is 30.3 Å². The molecular formula is C52H79NO35. The Morgan fingerprint density at radius 2 is 0.534 bits per heavy atom. The molecule has 0 aromatic heterocycles. The van der Waals surface area contributed by atoms with Crippen LogP contribution in [0.1, 0.15) is 5.56 Å². The lowest BCUT2D eigenvalue weighted by atomic mass is 9.95. The van der Waals surface area contributed by atoms with Gasteiger partial charge < -0.3 is 173 Å². The van der Waals surface area contributed by atoms with Crippen LogP contribution in [0, 0.1) is 0 Å². The zero-order chi connectivity index (χ0) is 63.7. The largest absolute Gasteiger partial charge is 0.394 e. The van der Waals surface area contributed by atoms with E-state index in [0.29, 0.717) is 5.56 Å². The van der Waals surface area contributed by atoms with Gasteiger partial charge in [-0.25, -0.2) is 0 Å². The number of rotatable bonds is 10. The summed E-state index contributed by atoms with van der Waals surface area (Å²) < 4.78 is 81.3. The van der Waals surface area contributed by atoms with E-state index in [1.165, 1.54) is 19.2 Å². The molecule has 35 atom stereocenters. The highest BCUT2D eigenvalue weighted by molar-refractivity contribution is 5.91. The molecule has 14 bridgehead atoms. The third-order valence-electron chi connectivity index (χ3n) is 16.7. The molecule has 21 saturated heterocycles. The minimum atomic E-state index is -2.25. The standard InChI is InChI=1S/C52H79NO35/c1-53(24(60)8-7-16-5-3-2-4-6-16)9-17-39-25(61)32(68)46(75-17)83-40-18(10-54)77-48(34(70)27(40)63)85-42-20(12-56)79-50(36(72)29(42)65)87-44-22(14-58)81-52(38(74)31(44)67)88-45-23(15-59)80-51(37(73)30(45)66)86-43-21(13-57)78-49(35(71)28(43)64)84-41-19(11-55)76-47(82-39)33(69)26(41)62/h2-8,17-23,25-52,54-59,61-74H,9-15H2,1H3/t17-,18-,19-,20-,21-,22-,23-,25-,26-,27-,28-,29-,30-,31-,32-,33-,34-,35-,36-,37-,38-,39-,40-,41-,42-,43-,44-,45-,46-,47-,48-,49-,50-,51-,52-/m1/s1. The second-order valence-electron chi connectivity index (χ2n) is 22.4. The highest BCUT2D eigenvalue weighted by Gasteiger charge is 2.60. The second kappa shape index (κ2) is 30.0. The third-order valence-corrected chi connectivity index (χ3v) is 16.7. The minimum Gasteiger partial charge on any atom is -0.394 e. The lowest BCUT2D eigenvalue weighted by Gasteiger charge is -2.50. The van der Waals surface area contributed by atoms with Gasteiger partial charge in [-0.3, -0.25) is 4.79 Å². The van der Waals surface area contributed by atoms with Gasteiger partial charge in [0.2, 0.25) is 5.91 Å². The van der Waals surface area contributed by atoms with Crippen LogP contribution in [-0.4, -0.2) is 381 Å². The molecule has 36 heteroatoms. The second-order valence-corrected chi connectivity index (χ2v) is 22.4. The van der Waals surface area contributed by atoms with Crippen molar-refractivity contribution >= 4 is 12.0 Å². The first-order valence-electron chi connectivity index (χ1n) is 28.3. The van der Waals surface area contributed by atoms with Gasteiger partial charge in [-0.05, 0) is 11.6 Å². The van der Waals surface area contributed by atoms with Crippen molar-refractivity contribution in [2.75, 3.05) is 53.2 Å². The maximum atomic E-state index is 13.6. The predicted octanol–water partition coefficient (Wildman–Crippen LogP) is -13.1. The normalized spacial score (nSPS) is 49.9. The summed E-state index contributed by atoms with van der Waals surface area (Å²) in [6, 6.07) is 8.60. The minimum absolute atomic E-state index is 0.563. The van der Waals surface area contributed by atoms with E-state index in [9.17, 15) is 107 Å². The van der Waals surface area contributed by atoms with Gasteiger partial charge in [-0.1, -0.05) is 30.3 Å². The Kier molecular flexibility index (Phi) is 23.7. The number of likely N-dealkylation sites (N-methyl/N-ethyl adjacent to an activating group) is 1. The Balaban J connectivity index is 1.02. The lowest BCUT2D eigenvalue weighted by Crippen LogP contribution is -2.68. The number of hydrogen-bond acceptors (Lipinski definition) is 35. The van der Waals surface area contributed by atoms with E-state index < -0.39 is 267 Å². The summed E-state index contributed by atoms with van der Waals surface area (Å²) in [4.78, 5) is 14.6. The summed E-state index contributed by atoms with van der Waals surface area (Å²) >= 11 is 0. The highest BCUT2D eigenvalue weighted by Crippen LogP contribution is 2.39. The Morgan fingerprint density at radius 3 is 0.750 bits per heavy atom. The molecular weight excluding hydrogens is 1200 g/mol. The first-order valence-corrected chi connectivity index (χ1v) is 28.3. The number of aliphatic hydroxyl groups is 20. The smallest absolute Gasteiger partial charge is 0.246 e. The van der Waals surface area contributed by atoms with Crippen molar-refractivity contribution in [2.24, 2.45) is 0 Å². The monoisotopic (exact) mass is 1280 g/mol. The van der Waals surface area contributed by atoms with Gasteiger partial charge in [0.05, 0.1) is 39.6 Å². The Labute approximate surface area is 499 Å². The maximum absolute atomic E-state index is 13.6. The molecule has 21 aliphatic heterocycles. The van der Waals surface area contributed by atoms with Gasteiger partial charge in [0.1, 0.15) is 171 Å². The number of aliphatic hydroxyl groups excluding tert-OH is 20. The predicted molar refractivity (Wildman–Crippen MR) is 274 cm³/mol. The average molecular weight is 1280 g/mol. The molecule has 1 aromatic carbocycles. The van der Waals surface area contributed by atoms with Crippen molar-refractivity contribution in [1.82, 2.24) is 4.90 Å². The molecule has 1 aromatic rings. The third kappa shape index (κ3) is 14.3. The quantitative estimate of drug-likeness (QED) is 0.0967. The van der Waals surface area contributed by atoms with Crippen molar-refractivity contribution in [1.29, 1.82) is 0 Å². The van der Waals surface area contributed by atoms with Crippen molar-refractivity contribution in [3.63, 3.8) is 0 Å². The van der Waals surface area contributed by atoms with Gasteiger partial charge in [-0.15, -0.1) is 0 Å². The Hall–Kier alpha value is -2.93. The zero-order valence-corrected chi connectivity index (χ0v) is 46.7. The molecule has 0 aliphatic carbocycles. The molecule has 20 N–H and O–H groups in total. The average Bonchev–Trinajstić information content (AvgIpc) is 1.78. The van der Waals surface area contributed by atoms with Crippen LogP contribution in [0.3, 0.4) is 0 Å². The number of carbonyl (C=O) groups excluding carboxylic acids is 1. The molecule has 0 saturated carbocycles. The fourth-order valence-corrected chi connectivity index (χ4v) is 11.6. The van der Waals surface area contributed by atoms with Crippen LogP contribution < -0.4 is 0 Å². The van der Waals surface area contributed by atoms with Crippen molar-refractivity contribution < 1.29 is 173 Å². The Bertz CT molecular complexity index is 2360. The molecule has 36 nitrogen and oxygen atoms in total. The van der Waals surface area contributed by atoms with Crippen LogP contribution in [0.5, 0.6) is 0 Å². The fourth-order valence-electron chi connectivity index (χ4n) is 11.6. The maximum Gasteiger partial charge on any atom is 0.246 e. The molecule has 21 aliphatic rings. The van der Waals surface area contributed by atoms with E-state index in [4.69, 9.17) is 66.3 Å². The van der Waals surface area contributed by atoms with Crippen LogP contribution >= 0.6 is 0 Å². The lowest BCUT2D eigenvalue weighted by molar-refractivity contribution is -0.396. The van der Waals surface area contributed by atoms with Gasteiger partial charge in [0, 0.05) is 19.7 Å². The molecule has 0 unspecified atom stereocenters. The van der Waals surface area contributed by atoms with Crippen LogP contribution in [0.25, 0.3) is 6.08 Å². The van der Waals surface area contributed by atoms with Gasteiger partial charge in [-0.2, -0.15) is 0 Å². The molecule has 88 heavy (non-hydrogen) atoms. The number of benzene rings is 1. The molecule has 502 valence electrons. The van der Waals surface area contributed by atoms with Crippen molar-refractivity contribution in [3.8, 4) is 0 Å². The van der Waals surface area contributed by atoms with E-state index in [2.05, 4.69) is 0 Å². The van der Waals surface area contributed by atoms with Crippen LogP contribution in [0.2, 0.25) is 0 Å². The molecule has 21 heterocycles. The van der Waals surface area contributed by atoms with E-state index in [1.807, 2.05) is 0 Å². The van der Waals surface area contributed by atoms with Gasteiger partial charge in [0.25, 0.3) is 0 Å². The van der Waals surface area contributed by atoms with Crippen molar-refractivity contribution in [2.45, 2.75) is 215 Å². The number of carbonyl (C=O) groups is 1. The molecule has 22 rings (SSSR count). The summed E-state index contributed by atoms with van der Waals surface area (Å²) in [5, 5.41) is 224. The molecule has 0 radical (unpaired) electrons. The summed E-state index contributed by atoms with van der Waals surface area (Å²) in [5.74, 6) is -0.668. The van der Waals surface area contributed by atoms with Crippen LogP contribution in [0.4, 0.5) is 0 Å². The van der Waals surface area contributed by atoms with Crippen LogP contribution in [-0.2, 0) is 71.1 Å². The number of nitrogens with zero attached hydrogens (tertiary/aromatic N) is 1. The van der Waals surface area contributed by atoms with E-state index in [-0.39, 0.29) is 0 Å². The number of hydrogen-bond donors (Lipinski definition) is 20. The van der Waals surface area contributed by atoms with E-state index >= 15 is 0 Å².